The fourth-order valence-electron chi connectivity index (χ4n) is 3.65. The van der Waals surface area contributed by atoms with Gasteiger partial charge in [0.05, 0.1) is 11.4 Å². The molecule has 1 aromatic heterocycles. The Morgan fingerprint density at radius 1 is 1.12 bits per heavy atom. The average Bonchev–Trinajstić information content (AvgIpc) is 3.25. The molecule has 164 valence electrons. The summed E-state index contributed by atoms with van der Waals surface area (Å²) in [5.74, 6) is -0.626. The van der Waals surface area contributed by atoms with Gasteiger partial charge in [0.1, 0.15) is 5.82 Å². The standard InChI is InChI=1S/C23H23FN6O2/c1-16-26-27-28-30(16)19-8-9-20(24)21(15-19)25-23(32)18-11-13-29(14-12-18)22(31)10-7-17-5-3-2-4-6-17/h2-10,15,18H,11-14H2,1H3,(H,25,32)/b10-7+. The Labute approximate surface area is 184 Å². The first-order valence-electron chi connectivity index (χ1n) is 10.4. The number of nitrogens with one attached hydrogen (secondary N) is 1. The van der Waals surface area contributed by atoms with E-state index >= 15 is 0 Å². The van der Waals surface area contributed by atoms with Crippen molar-refractivity contribution in [1.29, 1.82) is 0 Å². The molecule has 9 heteroatoms. The minimum atomic E-state index is -0.536. The molecule has 1 N–H and O–H groups in total. The topological polar surface area (TPSA) is 93.0 Å². The van der Waals surface area contributed by atoms with Crippen molar-refractivity contribution in [3.63, 3.8) is 0 Å². The van der Waals surface area contributed by atoms with Gasteiger partial charge in [0.2, 0.25) is 11.8 Å². The summed E-state index contributed by atoms with van der Waals surface area (Å²) in [7, 11) is 0. The van der Waals surface area contributed by atoms with Crippen LogP contribution in [0.5, 0.6) is 0 Å². The summed E-state index contributed by atoms with van der Waals surface area (Å²) in [6.07, 6.45) is 4.37. The molecular formula is C23H23FN6O2. The molecule has 1 fully saturated rings. The van der Waals surface area contributed by atoms with Gasteiger partial charge in [-0.05, 0) is 60.0 Å². The van der Waals surface area contributed by atoms with Crippen molar-refractivity contribution < 1.29 is 14.0 Å². The SMILES string of the molecule is Cc1nnnn1-c1ccc(F)c(NC(=O)C2CCN(C(=O)/C=C/c3ccccc3)CC2)c1. The first-order chi connectivity index (χ1) is 15.5. The maximum absolute atomic E-state index is 14.3. The van der Waals surface area contributed by atoms with E-state index in [1.54, 1.807) is 30.0 Å². The summed E-state index contributed by atoms with van der Waals surface area (Å²) in [6.45, 7) is 2.68. The molecule has 0 radical (unpaired) electrons. The van der Waals surface area contributed by atoms with Crippen molar-refractivity contribution in [2.45, 2.75) is 19.8 Å². The normalized spacial score (nSPS) is 14.6. The number of carbonyl (C=O) groups excluding carboxylic acids is 2. The van der Waals surface area contributed by atoms with Gasteiger partial charge in [-0.2, -0.15) is 4.68 Å². The number of amides is 2. The Morgan fingerprint density at radius 3 is 2.56 bits per heavy atom. The number of tetrazole rings is 1. The van der Waals surface area contributed by atoms with Gasteiger partial charge >= 0.3 is 0 Å². The van der Waals surface area contributed by atoms with Gasteiger partial charge in [0.25, 0.3) is 0 Å². The minimum absolute atomic E-state index is 0.0756. The molecule has 2 amide bonds. The first-order valence-corrected chi connectivity index (χ1v) is 10.4. The zero-order chi connectivity index (χ0) is 22.5. The highest BCUT2D eigenvalue weighted by atomic mass is 19.1. The Kier molecular flexibility index (Phi) is 6.34. The van der Waals surface area contributed by atoms with Crippen molar-refractivity contribution in [2.24, 2.45) is 5.92 Å². The van der Waals surface area contributed by atoms with Crippen LogP contribution in [0.1, 0.15) is 24.2 Å². The molecule has 1 saturated heterocycles. The molecule has 1 aliphatic rings. The molecule has 0 saturated carbocycles. The van der Waals surface area contributed by atoms with Crippen molar-refractivity contribution in [3.8, 4) is 5.69 Å². The number of halogens is 1. The first kappa shape index (κ1) is 21.4. The predicted molar refractivity (Wildman–Crippen MR) is 117 cm³/mol. The van der Waals surface area contributed by atoms with Crippen LogP contribution in [0.2, 0.25) is 0 Å². The highest BCUT2D eigenvalue weighted by Gasteiger charge is 2.27. The maximum atomic E-state index is 14.3. The third-order valence-electron chi connectivity index (χ3n) is 5.47. The molecule has 2 aromatic carbocycles. The molecule has 3 aromatic rings. The van der Waals surface area contributed by atoms with Crippen molar-refractivity contribution in [1.82, 2.24) is 25.1 Å². The number of aromatic nitrogens is 4. The van der Waals surface area contributed by atoms with E-state index in [9.17, 15) is 14.0 Å². The van der Waals surface area contributed by atoms with E-state index in [1.807, 2.05) is 30.3 Å². The number of aryl methyl sites for hydroxylation is 1. The van der Waals surface area contributed by atoms with E-state index in [4.69, 9.17) is 0 Å². The molecular weight excluding hydrogens is 411 g/mol. The fraction of sp³-hybridized carbons (Fsp3) is 0.261. The van der Waals surface area contributed by atoms with Crippen LogP contribution in [0.15, 0.2) is 54.6 Å². The van der Waals surface area contributed by atoms with Gasteiger partial charge in [-0.25, -0.2) is 4.39 Å². The predicted octanol–water partition coefficient (Wildman–Crippen LogP) is 3.00. The molecule has 0 bridgehead atoms. The van der Waals surface area contributed by atoms with Gasteiger partial charge < -0.3 is 10.2 Å². The minimum Gasteiger partial charge on any atom is -0.339 e. The molecule has 0 atom stereocenters. The number of carbonyl (C=O) groups is 2. The third kappa shape index (κ3) is 4.88. The van der Waals surface area contributed by atoms with Crippen LogP contribution in [0, 0.1) is 18.7 Å². The number of rotatable bonds is 5. The third-order valence-corrected chi connectivity index (χ3v) is 5.47. The number of hydrogen-bond acceptors (Lipinski definition) is 5. The van der Waals surface area contributed by atoms with Crippen molar-refractivity contribution in [3.05, 3.63) is 71.8 Å². The lowest BCUT2D eigenvalue weighted by Gasteiger charge is -2.30. The van der Waals surface area contributed by atoms with Gasteiger partial charge in [-0.1, -0.05) is 30.3 Å². The Bertz CT molecular complexity index is 1140. The second kappa shape index (κ2) is 9.51. The van der Waals surface area contributed by atoms with Crippen LogP contribution in [-0.4, -0.2) is 50.0 Å². The summed E-state index contributed by atoms with van der Waals surface area (Å²) in [6, 6.07) is 13.9. The van der Waals surface area contributed by atoms with E-state index in [0.29, 0.717) is 37.4 Å². The van der Waals surface area contributed by atoms with Gasteiger partial charge in [-0.3, -0.25) is 9.59 Å². The van der Waals surface area contributed by atoms with Crippen LogP contribution in [-0.2, 0) is 9.59 Å². The van der Waals surface area contributed by atoms with Crippen LogP contribution >= 0.6 is 0 Å². The monoisotopic (exact) mass is 434 g/mol. The highest BCUT2D eigenvalue weighted by molar-refractivity contribution is 5.94. The lowest BCUT2D eigenvalue weighted by Crippen LogP contribution is -2.40. The smallest absolute Gasteiger partial charge is 0.246 e. The van der Waals surface area contributed by atoms with E-state index in [0.717, 1.165) is 5.56 Å². The molecule has 0 spiro atoms. The molecule has 0 unspecified atom stereocenters. The zero-order valence-corrected chi connectivity index (χ0v) is 17.6. The maximum Gasteiger partial charge on any atom is 0.246 e. The summed E-state index contributed by atoms with van der Waals surface area (Å²) in [5.41, 5.74) is 1.58. The van der Waals surface area contributed by atoms with Gasteiger partial charge in [0.15, 0.2) is 5.82 Å². The van der Waals surface area contributed by atoms with Crippen LogP contribution in [0.25, 0.3) is 11.8 Å². The number of benzene rings is 2. The summed E-state index contributed by atoms with van der Waals surface area (Å²) < 4.78 is 15.8. The molecule has 32 heavy (non-hydrogen) atoms. The Balaban J connectivity index is 1.34. The van der Waals surface area contributed by atoms with Gasteiger partial charge in [-0.15, -0.1) is 5.10 Å². The Morgan fingerprint density at radius 2 is 1.88 bits per heavy atom. The lowest BCUT2D eigenvalue weighted by molar-refractivity contribution is -0.130. The summed E-state index contributed by atoms with van der Waals surface area (Å²) in [4.78, 5) is 26.9. The van der Waals surface area contributed by atoms with E-state index in [1.165, 1.54) is 16.8 Å². The molecule has 2 heterocycles. The summed E-state index contributed by atoms with van der Waals surface area (Å²) >= 11 is 0. The van der Waals surface area contributed by atoms with Crippen LogP contribution in [0.4, 0.5) is 10.1 Å². The average molecular weight is 434 g/mol. The molecule has 4 rings (SSSR count). The van der Waals surface area contributed by atoms with Crippen molar-refractivity contribution >= 4 is 23.6 Å². The second-order valence-corrected chi connectivity index (χ2v) is 7.63. The van der Waals surface area contributed by atoms with E-state index in [2.05, 4.69) is 20.8 Å². The number of piperidine rings is 1. The summed E-state index contributed by atoms with van der Waals surface area (Å²) in [5, 5.41) is 13.9. The van der Waals surface area contributed by atoms with Gasteiger partial charge in [0, 0.05) is 25.1 Å². The number of hydrogen-bond donors (Lipinski definition) is 1. The van der Waals surface area contributed by atoms with Crippen LogP contribution < -0.4 is 5.32 Å². The lowest BCUT2D eigenvalue weighted by atomic mass is 9.95. The highest BCUT2D eigenvalue weighted by Crippen LogP contribution is 2.23. The van der Waals surface area contributed by atoms with E-state index < -0.39 is 5.82 Å². The largest absolute Gasteiger partial charge is 0.339 e. The zero-order valence-electron chi connectivity index (χ0n) is 17.6. The number of nitrogens with zero attached hydrogens (tertiary/aromatic N) is 5. The molecule has 8 nitrogen and oxygen atoms in total. The quantitative estimate of drug-likeness (QED) is 0.623. The van der Waals surface area contributed by atoms with Crippen molar-refractivity contribution in [2.75, 3.05) is 18.4 Å². The fourth-order valence-corrected chi connectivity index (χ4v) is 3.65. The number of anilines is 1. The van der Waals surface area contributed by atoms with E-state index in [-0.39, 0.29) is 23.4 Å². The Hall–Kier alpha value is -3.88. The molecule has 1 aliphatic heterocycles. The second-order valence-electron chi connectivity index (χ2n) is 7.63. The molecule has 0 aliphatic carbocycles. The number of likely N-dealkylation sites (tertiary alicyclic amines) is 1. The van der Waals surface area contributed by atoms with Crippen LogP contribution in [0.3, 0.4) is 0 Å².